The lowest BCUT2D eigenvalue weighted by Crippen LogP contribution is -1.75. The molecule has 0 saturated carbocycles. The maximum atomic E-state index is 5.73. The fourth-order valence-corrected chi connectivity index (χ4v) is 1.48. The standard InChI is InChI=1S/C7H5BrCl2/c1-4-2-6(9)7(10)3-5(4)8/h2-3H,1H3. The highest BCUT2D eigenvalue weighted by Gasteiger charge is 2.00. The average Bonchev–Trinajstić information content (AvgIpc) is 1.84. The van der Waals surface area contributed by atoms with Crippen LogP contribution in [0.25, 0.3) is 0 Å². The molecule has 0 bridgehead atoms. The second kappa shape index (κ2) is 3.12. The van der Waals surface area contributed by atoms with E-state index in [0.717, 1.165) is 10.0 Å². The van der Waals surface area contributed by atoms with Gasteiger partial charge in [-0.15, -0.1) is 0 Å². The van der Waals surface area contributed by atoms with Crippen molar-refractivity contribution in [2.75, 3.05) is 0 Å². The number of hydrogen-bond acceptors (Lipinski definition) is 0. The molecule has 0 aliphatic heterocycles. The molecule has 10 heavy (non-hydrogen) atoms. The van der Waals surface area contributed by atoms with Gasteiger partial charge in [0, 0.05) is 4.47 Å². The smallest absolute Gasteiger partial charge is 0.0603 e. The van der Waals surface area contributed by atoms with E-state index >= 15 is 0 Å². The zero-order valence-electron chi connectivity index (χ0n) is 5.29. The lowest BCUT2D eigenvalue weighted by atomic mass is 10.2. The molecule has 0 saturated heterocycles. The fraction of sp³-hybridized carbons (Fsp3) is 0.143. The van der Waals surface area contributed by atoms with Crippen LogP contribution in [0.5, 0.6) is 0 Å². The van der Waals surface area contributed by atoms with Gasteiger partial charge < -0.3 is 0 Å². The number of halogens is 3. The zero-order chi connectivity index (χ0) is 7.72. The first-order valence-electron chi connectivity index (χ1n) is 2.72. The molecule has 0 nitrogen and oxygen atoms in total. The minimum Gasteiger partial charge on any atom is -0.0827 e. The lowest BCUT2D eigenvalue weighted by molar-refractivity contribution is 1.43. The van der Waals surface area contributed by atoms with Gasteiger partial charge in [0.25, 0.3) is 0 Å². The summed E-state index contributed by atoms with van der Waals surface area (Å²) < 4.78 is 0.988. The van der Waals surface area contributed by atoms with Crippen molar-refractivity contribution >= 4 is 39.1 Å². The van der Waals surface area contributed by atoms with Crippen molar-refractivity contribution in [3.8, 4) is 0 Å². The van der Waals surface area contributed by atoms with Gasteiger partial charge in [-0.05, 0) is 24.6 Å². The molecule has 0 amide bonds. The Morgan fingerprint density at radius 3 is 2.20 bits per heavy atom. The van der Waals surface area contributed by atoms with Gasteiger partial charge in [-0.1, -0.05) is 39.1 Å². The van der Waals surface area contributed by atoms with Crippen LogP contribution in [-0.4, -0.2) is 0 Å². The van der Waals surface area contributed by atoms with Crippen LogP contribution >= 0.6 is 39.1 Å². The largest absolute Gasteiger partial charge is 0.0827 e. The van der Waals surface area contributed by atoms with E-state index in [1.807, 2.05) is 13.0 Å². The average molecular weight is 240 g/mol. The summed E-state index contributed by atoms with van der Waals surface area (Å²) in [5.74, 6) is 0. The molecule has 0 aliphatic carbocycles. The first kappa shape index (κ1) is 8.38. The summed E-state index contributed by atoms with van der Waals surface area (Å²) in [6.07, 6.45) is 0. The van der Waals surface area contributed by atoms with Crippen LogP contribution in [0.15, 0.2) is 16.6 Å². The molecule has 0 N–H and O–H groups in total. The fourth-order valence-electron chi connectivity index (χ4n) is 0.622. The summed E-state index contributed by atoms with van der Waals surface area (Å²) in [5, 5.41) is 1.18. The Kier molecular flexibility index (Phi) is 2.61. The Balaban J connectivity index is 3.28. The van der Waals surface area contributed by atoms with E-state index in [4.69, 9.17) is 23.2 Å². The molecule has 54 valence electrons. The molecule has 1 aromatic rings. The predicted molar refractivity (Wildman–Crippen MR) is 48.9 cm³/mol. The molecule has 0 aliphatic rings. The Bertz CT molecular complexity index is 208. The molecule has 1 rings (SSSR count). The Labute approximate surface area is 78.3 Å². The summed E-state index contributed by atoms with van der Waals surface area (Å²) in [6, 6.07) is 3.62. The van der Waals surface area contributed by atoms with Crippen molar-refractivity contribution in [1.29, 1.82) is 0 Å². The summed E-state index contributed by atoms with van der Waals surface area (Å²) in [7, 11) is 0. The van der Waals surface area contributed by atoms with Crippen molar-refractivity contribution in [3.63, 3.8) is 0 Å². The highest BCUT2D eigenvalue weighted by molar-refractivity contribution is 9.10. The SMILES string of the molecule is Cc1cc(Cl)c(Cl)cc1Br. The van der Waals surface area contributed by atoms with Gasteiger partial charge in [-0.25, -0.2) is 0 Å². The van der Waals surface area contributed by atoms with Crippen LogP contribution in [-0.2, 0) is 0 Å². The molecule has 0 radical (unpaired) electrons. The summed E-state index contributed by atoms with van der Waals surface area (Å²) in [4.78, 5) is 0. The summed E-state index contributed by atoms with van der Waals surface area (Å²) in [5.41, 5.74) is 1.09. The lowest BCUT2D eigenvalue weighted by Gasteiger charge is -1.99. The molecule has 0 unspecified atom stereocenters. The molecule has 0 aromatic heterocycles. The van der Waals surface area contributed by atoms with Crippen molar-refractivity contribution in [2.24, 2.45) is 0 Å². The van der Waals surface area contributed by atoms with E-state index in [1.165, 1.54) is 0 Å². The second-order valence-corrected chi connectivity index (χ2v) is 3.68. The minimum absolute atomic E-state index is 0.583. The first-order chi connectivity index (χ1) is 4.61. The van der Waals surface area contributed by atoms with Gasteiger partial charge in [-0.2, -0.15) is 0 Å². The number of aryl methyl sites for hydroxylation is 1. The molecule has 3 heteroatoms. The number of rotatable bonds is 0. The quantitative estimate of drug-likeness (QED) is 0.599. The molecule has 0 atom stereocenters. The van der Waals surface area contributed by atoms with E-state index in [9.17, 15) is 0 Å². The van der Waals surface area contributed by atoms with E-state index in [2.05, 4.69) is 15.9 Å². The van der Waals surface area contributed by atoms with Crippen LogP contribution in [0.3, 0.4) is 0 Å². The molecular weight excluding hydrogens is 235 g/mol. The summed E-state index contributed by atoms with van der Waals surface area (Å²) >= 11 is 14.8. The zero-order valence-corrected chi connectivity index (χ0v) is 8.39. The van der Waals surface area contributed by atoms with Crippen LogP contribution in [0.4, 0.5) is 0 Å². The van der Waals surface area contributed by atoms with E-state index in [1.54, 1.807) is 6.07 Å². The molecular formula is C7H5BrCl2. The second-order valence-electron chi connectivity index (χ2n) is 2.02. The molecule has 0 fully saturated rings. The van der Waals surface area contributed by atoms with Gasteiger partial charge in [0.15, 0.2) is 0 Å². The van der Waals surface area contributed by atoms with Gasteiger partial charge in [0.1, 0.15) is 0 Å². The molecule has 0 spiro atoms. The van der Waals surface area contributed by atoms with Crippen molar-refractivity contribution < 1.29 is 0 Å². The Hall–Kier alpha value is 0.280. The Morgan fingerprint density at radius 2 is 1.70 bits per heavy atom. The molecule has 0 heterocycles. The third kappa shape index (κ3) is 1.66. The highest BCUT2D eigenvalue weighted by atomic mass is 79.9. The van der Waals surface area contributed by atoms with Gasteiger partial charge in [-0.3, -0.25) is 0 Å². The number of benzene rings is 1. The van der Waals surface area contributed by atoms with Gasteiger partial charge >= 0.3 is 0 Å². The van der Waals surface area contributed by atoms with Crippen molar-refractivity contribution in [3.05, 3.63) is 32.2 Å². The third-order valence-electron chi connectivity index (χ3n) is 1.20. The maximum Gasteiger partial charge on any atom is 0.0603 e. The highest BCUT2D eigenvalue weighted by Crippen LogP contribution is 2.28. The third-order valence-corrected chi connectivity index (χ3v) is 2.78. The maximum absolute atomic E-state index is 5.73. The number of hydrogen-bond donors (Lipinski definition) is 0. The van der Waals surface area contributed by atoms with Crippen LogP contribution in [0, 0.1) is 6.92 Å². The van der Waals surface area contributed by atoms with Crippen LogP contribution in [0.2, 0.25) is 10.0 Å². The summed E-state index contributed by atoms with van der Waals surface area (Å²) in [6.45, 7) is 1.96. The van der Waals surface area contributed by atoms with Crippen molar-refractivity contribution in [1.82, 2.24) is 0 Å². The molecule has 1 aromatic carbocycles. The normalized spacial score (nSPS) is 10.0. The van der Waals surface area contributed by atoms with E-state index in [-0.39, 0.29) is 0 Å². The van der Waals surface area contributed by atoms with E-state index < -0.39 is 0 Å². The topological polar surface area (TPSA) is 0 Å². The van der Waals surface area contributed by atoms with E-state index in [0.29, 0.717) is 10.0 Å². The van der Waals surface area contributed by atoms with Crippen LogP contribution in [0.1, 0.15) is 5.56 Å². The van der Waals surface area contributed by atoms with Crippen molar-refractivity contribution in [2.45, 2.75) is 6.92 Å². The van der Waals surface area contributed by atoms with Crippen LogP contribution < -0.4 is 0 Å². The predicted octanol–water partition coefficient (Wildman–Crippen LogP) is 4.06. The first-order valence-corrected chi connectivity index (χ1v) is 4.27. The minimum atomic E-state index is 0.583. The monoisotopic (exact) mass is 238 g/mol. The van der Waals surface area contributed by atoms with Gasteiger partial charge in [0.05, 0.1) is 10.0 Å². The van der Waals surface area contributed by atoms with Gasteiger partial charge in [0.2, 0.25) is 0 Å². The Morgan fingerprint density at radius 1 is 1.20 bits per heavy atom.